The number of benzene rings is 2. The number of para-hydroxylation sites is 1. The van der Waals surface area contributed by atoms with Gasteiger partial charge in [0.15, 0.2) is 5.69 Å². The van der Waals surface area contributed by atoms with Crippen molar-refractivity contribution in [1.29, 1.82) is 0 Å². The second-order valence-electron chi connectivity index (χ2n) is 6.14. The van der Waals surface area contributed by atoms with Gasteiger partial charge in [0.2, 0.25) is 5.91 Å². The lowest BCUT2D eigenvalue weighted by Crippen LogP contribution is -2.35. The SMILES string of the molecule is CN(CC(=O)Nc1ccc(OC(F)(F)F)cc1)C(=O)c1cnn(-c2ccccc2)n1. The number of nitrogens with one attached hydrogen (secondary N) is 1. The molecule has 0 atom stereocenters. The van der Waals surface area contributed by atoms with Crippen LogP contribution in [0.2, 0.25) is 0 Å². The second-order valence-corrected chi connectivity index (χ2v) is 6.14. The number of halogens is 3. The molecule has 0 aliphatic carbocycles. The number of rotatable bonds is 6. The number of likely N-dealkylation sites (N-methyl/N-ethyl adjacent to an activating group) is 1. The fraction of sp³-hybridized carbons (Fsp3) is 0.158. The number of carbonyl (C=O) groups excluding carboxylic acids is 2. The molecule has 2 aromatic carbocycles. The maximum atomic E-state index is 12.5. The Morgan fingerprint density at radius 1 is 1.10 bits per heavy atom. The van der Waals surface area contributed by atoms with Crippen LogP contribution in [0.5, 0.6) is 5.75 Å². The number of hydrogen-bond acceptors (Lipinski definition) is 5. The number of amides is 2. The van der Waals surface area contributed by atoms with E-state index >= 15 is 0 Å². The Morgan fingerprint density at radius 3 is 2.40 bits per heavy atom. The predicted molar refractivity (Wildman–Crippen MR) is 100 cm³/mol. The molecular weight excluding hydrogens is 403 g/mol. The van der Waals surface area contributed by atoms with Crippen LogP contribution in [0, 0.1) is 0 Å². The van der Waals surface area contributed by atoms with Gasteiger partial charge in [-0.3, -0.25) is 9.59 Å². The average Bonchev–Trinajstić information content (AvgIpc) is 3.18. The van der Waals surface area contributed by atoms with E-state index < -0.39 is 23.9 Å². The van der Waals surface area contributed by atoms with Crippen molar-refractivity contribution >= 4 is 17.5 Å². The van der Waals surface area contributed by atoms with Crippen molar-refractivity contribution in [1.82, 2.24) is 19.9 Å². The van der Waals surface area contributed by atoms with E-state index in [0.29, 0.717) is 5.69 Å². The third-order valence-corrected chi connectivity index (χ3v) is 3.80. The van der Waals surface area contributed by atoms with Crippen molar-refractivity contribution in [2.24, 2.45) is 0 Å². The van der Waals surface area contributed by atoms with Crippen LogP contribution in [-0.2, 0) is 4.79 Å². The first kappa shape index (κ1) is 20.8. The van der Waals surface area contributed by atoms with Crippen molar-refractivity contribution in [2.75, 3.05) is 18.9 Å². The highest BCUT2D eigenvalue weighted by atomic mass is 19.4. The standard InChI is InChI=1S/C19H16F3N5O3/c1-26(18(29)16-11-23-27(25-16)14-5-3-2-4-6-14)12-17(28)24-13-7-9-15(10-8-13)30-19(20,21)22/h2-11H,12H2,1H3,(H,24,28). The zero-order chi connectivity index (χ0) is 21.7. The third-order valence-electron chi connectivity index (χ3n) is 3.80. The number of nitrogens with zero attached hydrogens (tertiary/aromatic N) is 4. The molecule has 8 nitrogen and oxygen atoms in total. The smallest absolute Gasteiger partial charge is 0.406 e. The molecule has 2 amide bonds. The predicted octanol–water partition coefficient (Wildman–Crippen LogP) is 2.88. The zero-order valence-electron chi connectivity index (χ0n) is 15.6. The van der Waals surface area contributed by atoms with Crippen LogP contribution in [-0.4, -0.2) is 51.7 Å². The summed E-state index contributed by atoms with van der Waals surface area (Å²) in [6.07, 6.45) is -3.50. The number of carbonyl (C=O) groups is 2. The number of anilines is 1. The lowest BCUT2D eigenvalue weighted by atomic mass is 10.3. The van der Waals surface area contributed by atoms with E-state index in [4.69, 9.17) is 0 Å². The molecule has 0 spiro atoms. The average molecular weight is 419 g/mol. The molecule has 3 rings (SSSR count). The van der Waals surface area contributed by atoms with Crippen LogP contribution in [0.15, 0.2) is 60.8 Å². The van der Waals surface area contributed by atoms with E-state index in [1.54, 1.807) is 24.3 Å². The summed E-state index contributed by atoms with van der Waals surface area (Å²) >= 11 is 0. The number of alkyl halides is 3. The van der Waals surface area contributed by atoms with Crippen molar-refractivity contribution in [2.45, 2.75) is 6.36 Å². The van der Waals surface area contributed by atoms with Gasteiger partial charge < -0.3 is 15.0 Å². The maximum absolute atomic E-state index is 12.5. The minimum atomic E-state index is -4.80. The molecule has 0 saturated heterocycles. The second kappa shape index (κ2) is 8.64. The van der Waals surface area contributed by atoms with Gasteiger partial charge in [0, 0.05) is 12.7 Å². The Kier molecular flexibility index (Phi) is 6.00. The normalized spacial score (nSPS) is 11.1. The monoisotopic (exact) mass is 419 g/mol. The molecule has 1 heterocycles. The van der Waals surface area contributed by atoms with Gasteiger partial charge in [0.25, 0.3) is 5.91 Å². The fourth-order valence-corrected chi connectivity index (χ4v) is 2.47. The zero-order valence-corrected chi connectivity index (χ0v) is 15.6. The van der Waals surface area contributed by atoms with Crippen molar-refractivity contribution < 1.29 is 27.5 Å². The summed E-state index contributed by atoms with van der Waals surface area (Å²) in [6, 6.07) is 13.6. The molecule has 0 unspecified atom stereocenters. The Morgan fingerprint density at radius 2 is 1.77 bits per heavy atom. The van der Waals surface area contributed by atoms with E-state index in [1.807, 2.05) is 6.07 Å². The van der Waals surface area contributed by atoms with E-state index in [9.17, 15) is 22.8 Å². The largest absolute Gasteiger partial charge is 0.573 e. The quantitative estimate of drug-likeness (QED) is 0.664. The van der Waals surface area contributed by atoms with Crippen molar-refractivity contribution in [3.8, 4) is 11.4 Å². The number of ether oxygens (including phenoxy) is 1. The molecule has 0 aliphatic rings. The first-order chi connectivity index (χ1) is 14.2. The summed E-state index contributed by atoms with van der Waals surface area (Å²) in [6.45, 7) is -0.294. The summed E-state index contributed by atoms with van der Waals surface area (Å²) in [5.41, 5.74) is 0.989. The summed E-state index contributed by atoms with van der Waals surface area (Å²) < 4.78 is 40.3. The molecular formula is C19H16F3N5O3. The van der Waals surface area contributed by atoms with Crippen LogP contribution in [0.1, 0.15) is 10.5 Å². The van der Waals surface area contributed by atoms with Gasteiger partial charge in [-0.05, 0) is 36.4 Å². The van der Waals surface area contributed by atoms with E-state index in [1.165, 1.54) is 30.2 Å². The van der Waals surface area contributed by atoms with E-state index in [0.717, 1.165) is 17.0 Å². The molecule has 0 bridgehead atoms. The lowest BCUT2D eigenvalue weighted by Gasteiger charge is -2.15. The van der Waals surface area contributed by atoms with Gasteiger partial charge in [0.05, 0.1) is 18.4 Å². The lowest BCUT2D eigenvalue weighted by molar-refractivity contribution is -0.274. The van der Waals surface area contributed by atoms with Crippen LogP contribution in [0.25, 0.3) is 5.69 Å². The number of aromatic nitrogens is 3. The van der Waals surface area contributed by atoms with Gasteiger partial charge in [-0.15, -0.1) is 18.3 Å². The summed E-state index contributed by atoms with van der Waals surface area (Å²) in [5.74, 6) is -1.46. The first-order valence-corrected chi connectivity index (χ1v) is 8.60. The molecule has 1 N–H and O–H groups in total. The van der Waals surface area contributed by atoms with Crippen molar-refractivity contribution in [3.63, 3.8) is 0 Å². The summed E-state index contributed by atoms with van der Waals surface area (Å²) in [7, 11) is 1.42. The first-order valence-electron chi connectivity index (χ1n) is 8.60. The Labute approximate surface area is 168 Å². The molecule has 156 valence electrons. The summed E-state index contributed by atoms with van der Waals surface area (Å²) in [5, 5.41) is 10.6. The fourth-order valence-electron chi connectivity index (χ4n) is 2.47. The van der Waals surface area contributed by atoms with E-state index in [2.05, 4.69) is 20.3 Å². The highest BCUT2D eigenvalue weighted by Crippen LogP contribution is 2.23. The topological polar surface area (TPSA) is 89.4 Å². The Hall–Kier alpha value is -3.89. The highest BCUT2D eigenvalue weighted by molar-refractivity contribution is 5.98. The molecule has 30 heavy (non-hydrogen) atoms. The van der Waals surface area contributed by atoms with Gasteiger partial charge >= 0.3 is 6.36 Å². The molecule has 0 aliphatic heterocycles. The third kappa shape index (κ3) is 5.56. The molecule has 11 heteroatoms. The van der Waals surface area contributed by atoms with E-state index in [-0.39, 0.29) is 17.9 Å². The molecule has 1 aromatic heterocycles. The van der Waals surface area contributed by atoms with Crippen LogP contribution in [0.3, 0.4) is 0 Å². The van der Waals surface area contributed by atoms with Gasteiger partial charge in [-0.1, -0.05) is 18.2 Å². The van der Waals surface area contributed by atoms with Crippen molar-refractivity contribution in [3.05, 3.63) is 66.5 Å². The molecule has 3 aromatic rings. The van der Waals surface area contributed by atoms with Gasteiger partial charge in [0.1, 0.15) is 5.75 Å². The minimum absolute atomic E-state index is 0.0582. The van der Waals surface area contributed by atoms with Crippen LogP contribution >= 0.6 is 0 Å². The Balaban J connectivity index is 1.56. The Bertz CT molecular complexity index is 1020. The van der Waals surface area contributed by atoms with Gasteiger partial charge in [-0.25, -0.2) is 0 Å². The van der Waals surface area contributed by atoms with Crippen LogP contribution in [0.4, 0.5) is 18.9 Å². The van der Waals surface area contributed by atoms with Crippen LogP contribution < -0.4 is 10.1 Å². The number of hydrogen-bond donors (Lipinski definition) is 1. The van der Waals surface area contributed by atoms with Gasteiger partial charge in [-0.2, -0.15) is 9.90 Å². The molecule has 0 fully saturated rings. The minimum Gasteiger partial charge on any atom is -0.406 e. The highest BCUT2D eigenvalue weighted by Gasteiger charge is 2.31. The maximum Gasteiger partial charge on any atom is 0.573 e. The summed E-state index contributed by atoms with van der Waals surface area (Å²) in [4.78, 5) is 27.0. The molecule has 0 saturated carbocycles. The molecule has 0 radical (unpaired) electrons.